The standard InChI is InChI=1S/C17H23NO4/c1-12-7-8-15(19)14(11-12)17(21)22-13(2)16(20)18-9-5-3-4-6-10-18/h7-8,11,13,19H,3-6,9-10H2,1-2H3/t13-/m1/s1. The molecule has 120 valence electrons. The molecule has 1 aliphatic rings. The van der Waals surface area contributed by atoms with Crippen molar-refractivity contribution in [2.45, 2.75) is 45.6 Å². The zero-order valence-corrected chi connectivity index (χ0v) is 13.2. The number of phenols is 1. The SMILES string of the molecule is Cc1ccc(O)c(C(=O)O[C@H](C)C(=O)N2CCCCCC2)c1. The molecule has 5 heteroatoms. The highest BCUT2D eigenvalue weighted by Gasteiger charge is 2.25. The van der Waals surface area contributed by atoms with E-state index >= 15 is 0 Å². The zero-order valence-electron chi connectivity index (χ0n) is 13.2. The molecule has 0 radical (unpaired) electrons. The van der Waals surface area contributed by atoms with Gasteiger partial charge in [0.1, 0.15) is 11.3 Å². The van der Waals surface area contributed by atoms with Crippen molar-refractivity contribution in [1.29, 1.82) is 0 Å². The van der Waals surface area contributed by atoms with Gasteiger partial charge in [-0.1, -0.05) is 24.5 Å². The van der Waals surface area contributed by atoms with E-state index in [0.29, 0.717) is 0 Å². The lowest BCUT2D eigenvalue weighted by molar-refractivity contribution is -0.139. The topological polar surface area (TPSA) is 66.8 Å². The van der Waals surface area contributed by atoms with Crippen molar-refractivity contribution in [3.63, 3.8) is 0 Å². The van der Waals surface area contributed by atoms with Crippen molar-refractivity contribution < 1.29 is 19.4 Å². The lowest BCUT2D eigenvalue weighted by Gasteiger charge is -2.24. The first kappa shape index (κ1) is 16.3. The van der Waals surface area contributed by atoms with E-state index in [-0.39, 0.29) is 17.2 Å². The molecule has 0 saturated carbocycles. The number of carbonyl (C=O) groups is 2. The fourth-order valence-electron chi connectivity index (χ4n) is 2.64. The maximum Gasteiger partial charge on any atom is 0.342 e. The van der Waals surface area contributed by atoms with E-state index in [2.05, 4.69) is 0 Å². The first-order valence-corrected chi connectivity index (χ1v) is 7.78. The Morgan fingerprint density at radius 1 is 1.18 bits per heavy atom. The molecule has 1 aromatic carbocycles. The van der Waals surface area contributed by atoms with Gasteiger partial charge in [0.15, 0.2) is 6.10 Å². The third-order valence-corrected chi connectivity index (χ3v) is 3.92. The molecule has 0 aliphatic carbocycles. The van der Waals surface area contributed by atoms with Crippen LogP contribution in [0.5, 0.6) is 5.75 Å². The third-order valence-electron chi connectivity index (χ3n) is 3.92. The average Bonchev–Trinajstić information content (AvgIpc) is 2.77. The number of nitrogens with zero attached hydrogens (tertiary/aromatic N) is 1. The summed E-state index contributed by atoms with van der Waals surface area (Å²) in [7, 11) is 0. The molecule has 1 aromatic rings. The van der Waals surface area contributed by atoms with Crippen molar-refractivity contribution in [3.05, 3.63) is 29.3 Å². The van der Waals surface area contributed by atoms with Crippen molar-refractivity contribution in [1.82, 2.24) is 4.90 Å². The largest absolute Gasteiger partial charge is 0.507 e. The number of amides is 1. The maximum atomic E-state index is 12.4. The third kappa shape index (κ3) is 4.00. The van der Waals surface area contributed by atoms with Gasteiger partial charge in [0.25, 0.3) is 5.91 Å². The van der Waals surface area contributed by atoms with Crippen LogP contribution in [0, 0.1) is 6.92 Å². The van der Waals surface area contributed by atoms with E-state index in [9.17, 15) is 14.7 Å². The first-order valence-electron chi connectivity index (χ1n) is 7.78. The molecule has 1 fully saturated rings. The van der Waals surface area contributed by atoms with Crippen LogP contribution in [0.2, 0.25) is 0 Å². The number of benzene rings is 1. The Balaban J connectivity index is 2.01. The number of hydrogen-bond acceptors (Lipinski definition) is 4. The number of rotatable bonds is 3. The fraction of sp³-hybridized carbons (Fsp3) is 0.529. The second-order valence-electron chi connectivity index (χ2n) is 5.81. The van der Waals surface area contributed by atoms with Crippen LogP contribution >= 0.6 is 0 Å². The quantitative estimate of drug-likeness (QED) is 0.872. The minimum Gasteiger partial charge on any atom is -0.507 e. The van der Waals surface area contributed by atoms with Crippen LogP contribution < -0.4 is 0 Å². The van der Waals surface area contributed by atoms with Crippen molar-refractivity contribution in [3.8, 4) is 5.75 Å². The second-order valence-corrected chi connectivity index (χ2v) is 5.81. The van der Waals surface area contributed by atoms with Gasteiger partial charge in [-0.05, 0) is 38.8 Å². The van der Waals surface area contributed by atoms with E-state index in [0.717, 1.165) is 44.3 Å². The molecule has 1 aliphatic heterocycles. The molecule has 22 heavy (non-hydrogen) atoms. The number of aryl methyl sites for hydroxylation is 1. The number of aromatic hydroxyl groups is 1. The summed E-state index contributed by atoms with van der Waals surface area (Å²) >= 11 is 0. The molecular weight excluding hydrogens is 282 g/mol. The van der Waals surface area contributed by atoms with E-state index in [1.54, 1.807) is 24.0 Å². The van der Waals surface area contributed by atoms with E-state index in [1.165, 1.54) is 6.07 Å². The van der Waals surface area contributed by atoms with Gasteiger partial charge in [-0.25, -0.2) is 4.79 Å². The van der Waals surface area contributed by atoms with E-state index < -0.39 is 12.1 Å². The summed E-state index contributed by atoms with van der Waals surface area (Å²) < 4.78 is 5.24. The average molecular weight is 305 g/mol. The number of esters is 1. The predicted octanol–water partition coefficient (Wildman–Crippen LogP) is 2.65. The van der Waals surface area contributed by atoms with Gasteiger partial charge in [-0.2, -0.15) is 0 Å². The summed E-state index contributed by atoms with van der Waals surface area (Å²) in [6.45, 7) is 4.84. The minimum atomic E-state index is -0.842. The second kappa shape index (κ2) is 7.29. The van der Waals surface area contributed by atoms with Crippen LogP contribution in [0.3, 0.4) is 0 Å². The first-order chi connectivity index (χ1) is 10.5. The maximum absolute atomic E-state index is 12.4. The molecule has 1 amide bonds. The molecule has 2 rings (SSSR count). The summed E-state index contributed by atoms with van der Waals surface area (Å²) in [5.74, 6) is -0.968. The van der Waals surface area contributed by atoms with Crippen LogP contribution in [0.25, 0.3) is 0 Å². The minimum absolute atomic E-state index is 0.0931. The lowest BCUT2D eigenvalue weighted by Crippen LogP contribution is -2.40. The van der Waals surface area contributed by atoms with Crippen LogP contribution in [0.4, 0.5) is 0 Å². The van der Waals surface area contributed by atoms with Crippen molar-refractivity contribution in [2.24, 2.45) is 0 Å². The number of phenolic OH excluding ortho intramolecular Hbond substituents is 1. The Labute approximate surface area is 130 Å². The normalized spacial score (nSPS) is 16.7. The van der Waals surface area contributed by atoms with Crippen molar-refractivity contribution >= 4 is 11.9 Å². The molecule has 0 unspecified atom stereocenters. The molecule has 0 spiro atoms. The van der Waals surface area contributed by atoms with Gasteiger partial charge in [-0.15, -0.1) is 0 Å². The van der Waals surface area contributed by atoms with Gasteiger partial charge in [0.05, 0.1) is 0 Å². The fourth-order valence-corrected chi connectivity index (χ4v) is 2.64. The molecule has 1 N–H and O–H groups in total. The molecule has 1 atom stereocenters. The zero-order chi connectivity index (χ0) is 16.1. The number of hydrogen-bond donors (Lipinski definition) is 1. The van der Waals surface area contributed by atoms with Crippen molar-refractivity contribution in [2.75, 3.05) is 13.1 Å². The molecule has 0 bridgehead atoms. The van der Waals surface area contributed by atoms with Crippen LogP contribution in [-0.2, 0) is 9.53 Å². The monoisotopic (exact) mass is 305 g/mol. The molecule has 0 aromatic heterocycles. The Morgan fingerprint density at radius 2 is 1.82 bits per heavy atom. The predicted molar refractivity (Wildman–Crippen MR) is 82.8 cm³/mol. The van der Waals surface area contributed by atoms with Crippen LogP contribution in [-0.4, -0.2) is 41.1 Å². The highest BCUT2D eigenvalue weighted by Crippen LogP contribution is 2.20. The Hall–Kier alpha value is -2.04. The summed E-state index contributed by atoms with van der Waals surface area (Å²) in [4.78, 5) is 26.3. The van der Waals surface area contributed by atoms with Gasteiger partial charge in [-0.3, -0.25) is 4.79 Å². The molecular formula is C17H23NO4. The Morgan fingerprint density at radius 3 is 2.45 bits per heavy atom. The van der Waals surface area contributed by atoms with Gasteiger partial charge < -0.3 is 14.7 Å². The summed E-state index contributed by atoms with van der Waals surface area (Å²) in [5, 5.41) is 9.75. The van der Waals surface area contributed by atoms with Crippen LogP contribution in [0.1, 0.15) is 48.5 Å². The Kier molecular flexibility index (Phi) is 5.41. The summed E-state index contributed by atoms with van der Waals surface area (Å²) in [6, 6.07) is 4.71. The van der Waals surface area contributed by atoms with Crippen LogP contribution in [0.15, 0.2) is 18.2 Å². The highest BCUT2D eigenvalue weighted by molar-refractivity contribution is 5.94. The number of likely N-dealkylation sites (tertiary alicyclic amines) is 1. The summed E-state index contributed by atoms with van der Waals surface area (Å²) in [5.41, 5.74) is 0.937. The lowest BCUT2D eigenvalue weighted by atomic mass is 10.1. The number of ether oxygens (including phenoxy) is 1. The smallest absolute Gasteiger partial charge is 0.342 e. The van der Waals surface area contributed by atoms with Gasteiger partial charge in [0, 0.05) is 13.1 Å². The van der Waals surface area contributed by atoms with Gasteiger partial charge >= 0.3 is 5.97 Å². The molecule has 1 saturated heterocycles. The molecule has 5 nitrogen and oxygen atoms in total. The number of carbonyl (C=O) groups excluding carboxylic acids is 2. The van der Waals surface area contributed by atoms with E-state index in [1.807, 2.05) is 6.92 Å². The highest BCUT2D eigenvalue weighted by atomic mass is 16.5. The van der Waals surface area contributed by atoms with E-state index in [4.69, 9.17) is 4.74 Å². The molecule has 1 heterocycles. The summed E-state index contributed by atoms with van der Waals surface area (Å²) in [6.07, 6.45) is 3.41. The Bertz CT molecular complexity index is 548. The van der Waals surface area contributed by atoms with Gasteiger partial charge in [0.2, 0.25) is 0 Å².